The zero-order chi connectivity index (χ0) is 22.2. The Hall–Kier alpha value is -2.42. The minimum atomic E-state index is -3.61. The summed E-state index contributed by atoms with van der Waals surface area (Å²) in [5, 5.41) is 12.2. The second-order valence-electron chi connectivity index (χ2n) is 8.37. The van der Waals surface area contributed by atoms with Crippen molar-refractivity contribution in [3.05, 3.63) is 46.3 Å². The van der Waals surface area contributed by atoms with Gasteiger partial charge in [-0.2, -0.15) is 0 Å². The molecule has 166 valence electrons. The molecule has 0 fully saturated rings. The third-order valence-electron chi connectivity index (χ3n) is 6.12. The summed E-state index contributed by atoms with van der Waals surface area (Å²) in [6.45, 7) is 0.116. The van der Waals surface area contributed by atoms with E-state index in [2.05, 4.69) is 10.3 Å². The highest BCUT2D eigenvalue weighted by molar-refractivity contribution is 7.89. The van der Waals surface area contributed by atoms with Crippen molar-refractivity contribution in [2.45, 2.75) is 49.8 Å². The highest BCUT2D eigenvalue weighted by Crippen LogP contribution is 2.37. The van der Waals surface area contributed by atoms with Crippen molar-refractivity contribution in [3.63, 3.8) is 0 Å². The SMILES string of the molecule is CN(C)S(=O)(=O)c1ccc2c(c1)/C(=C/c1[nH]c3c(c1CCCO)CCCCC3)C(=O)N2. The first-order valence-electron chi connectivity index (χ1n) is 10.8. The number of H-pyrrole nitrogens is 1. The number of fused-ring (bicyclic) bond motifs is 2. The number of aliphatic hydroxyl groups is 1. The van der Waals surface area contributed by atoms with Gasteiger partial charge in [-0.3, -0.25) is 4.79 Å². The molecule has 1 aromatic carbocycles. The van der Waals surface area contributed by atoms with Crippen LogP contribution < -0.4 is 5.32 Å². The summed E-state index contributed by atoms with van der Waals surface area (Å²) in [6.07, 6.45) is 8.72. The first kappa shape index (κ1) is 21.8. The number of hydrogen-bond donors (Lipinski definition) is 3. The molecule has 3 N–H and O–H groups in total. The molecule has 0 unspecified atom stereocenters. The lowest BCUT2D eigenvalue weighted by molar-refractivity contribution is -0.110. The predicted octanol–water partition coefficient (Wildman–Crippen LogP) is 2.95. The Bertz CT molecular complexity index is 1150. The van der Waals surface area contributed by atoms with Crippen LogP contribution >= 0.6 is 0 Å². The van der Waals surface area contributed by atoms with Crippen LogP contribution in [0.15, 0.2) is 23.1 Å². The summed E-state index contributed by atoms with van der Waals surface area (Å²) in [5.41, 5.74) is 6.24. The Morgan fingerprint density at radius 3 is 2.68 bits per heavy atom. The molecule has 31 heavy (non-hydrogen) atoms. The van der Waals surface area contributed by atoms with Crippen LogP contribution in [-0.4, -0.2) is 49.4 Å². The molecular formula is C23H29N3O4S. The number of sulfonamides is 1. The molecule has 0 atom stereocenters. The monoisotopic (exact) mass is 443 g/mol. The van der Waals surface area contributed by atoms with Crippen molar-refractivity contribution in [1.29, 1.82) is 0 Å². The predicted molar refractivity (Wildman–Crippen MR) is 121 cm³/mol. The molecule has 0 bridgehead atoms. The average molecular weight is 444 g/mol. The summed E-state index contributed by atoms with van der Waals surface area (Å²) in [4.78, 5) is 16.4. The minimum Gasteiger partial charge on any atom is -0.396 e. The topological polar surface area (TPSA) is 102 Å². The maximum absolute atomic E-state index is 12.8. The van der Waals surface area contributed by atoms with E-state index in [9.17, 15) is 18.3 Å². The summed E-state index contributed by atoms with van der Waals surface area (Å²) < 4.78 is 26.3. The van der Waals surface area contributed by atoms with Crippen molar-refractivity contribution in [2.75, 3.05) is 26.0 Å². The number of anilines is 1. The first-order chi connectivity index (χ1) is 14.8. The van der Waals surface area contributed by atoms with E-state index in [-0.39, 0.29) is 17.4 Å². The van der Waals surface area contributed by atoms with Gasteiger partial charge in [0.25, 0.3) is 5.91 Å². The Balaban J connectivity index is 1.81. The maximum atomic E-state index is 12.8. The highest BCUT2D eigenvalue weighted by Gasteiger charge is 2.28. The maximum Gasteiger partial charge on any atom is 0.256 e. The number of nitrogens with one attached hydrogen (secondary N) is 2. The van der Waals surface area contributed by atoms with Crippen molar-refractivity contribution < 1.29 is 18.3 Å². The highest BCUT2D eigenvalue weighted by atomic mass is 32.2. The van der Waals surface area contributed by atoms with Gasteiger partial charge in [0.1, 0.15) is 0 Å². The number of aliphatic hydroxyl groups excluding tert-OH is 1. The smallest absolute Gasteiger partial charge is 0.256 e. The molecule has 1 amide bonds. The number of nitrogens with zero attached hydrogens (tertiary/aromatic N) is 1. The second kappa shape index (κ2) is 8.61. The van der Waals surface area contributed by atoms with Gasteiger partial charge in [-0.05, 0) is 73.9 Å². The number of rotatable bonds is 6. The number of aromatic amines is 1. The first-order valence-corrected chi connectivity index (χ1v) is 12.2. The molecule has 0 saturated heterocycles. The van der Waals surface area contributed by atoms with Crippen LogP contribution in [0.5, 0.6) is 0 Å². The largest absolute Gasteiger partial charge is 0.396 e. The fourth-order valence-corrected chi connectivity index (χ4v) is 5.37. The van der Waals surface area contributed by atoms with E-state index in [1.165, 1.54) is 37.8 Å². The molecule has 2 aromatic rings. The van der Waals surface area contributed by atoms with E-state index >= 15 is 0 Å². The molecule has 1 aliphatic heterocycles. The number of carbonyl (C=O) groups is 1. The van der Waals surface area contributed by atoms with Crippen LogP contribution in [-0.2, 0) is 34.1 Å². The molecule has 2 heterocycles. The lowest BCUT2D eigenvalue weighted by atomic mass is 9.98. The number of hydrogen-bond acceptors (Lipinski definition) is 4. The van der Waals surface area contributed by atoms with Crippen molar-refractivity contribution in [1.82, 2.24) is 9.29 Å². The van der Waals surface area contributed by atoms with Gasteiger partial charge in [0.15, 0.2) is 0 Å². The van der Waals surface area contributed by atoms with Gasteiger partial charge >= 0.3 is 0 Å². The molecule has 0 saturated carbocycles. The molecule has 1 aromatic heterocycles. The van der Waals surface area contributed by atoms with E-state index < -0.39 is 10.0 Å². The molecule has 0 radical (unpaired) electrons. The molecule has 4 rings (SSSR count). The molecule has 0 spiro atoms. The number of aryl methyl sites for hydroxylation is 1. The van der Waals surface area contributed by atoms with E-state index in [0.717, 1.165) is 47.7 Å². The zero-order valence-electron chi connectivity index (χ0n) is 18.0. The second-order valence-corrected chi connectivity index (χ2v) is 10.5. The standard InChI is InChI=1S/C23H29N3O4S/c1-26(2)31(29,30)15-10-11-21-18(13-15)19(23(28)25-21)14-22-17(8-6-12-27)16-7-4-3-5-9-20(16)24-22/h10-11,13-14,24,27H,3-9,12H2,1-2H3,(H,25,28)/b19-14-. The number of amides is 1. The normalized spacial score (nSPS) is 17.5. The molecular weight excluding hydrogens is 414 g/mol. The van der Waals surface area contributed by atoms with E-state index in [1.807, 2.05) is 6.08 Å². The van der Waals surface area contributed by atoms with Crippen LogP contribution in [0.3, 0.4) is 0 Å². The number of aromatic nitrogens is 1. The molecule has 8 heteroatoms. The lowest BCUT2D eigenvalue weighted by Crippen LogP contribution is -2.22. The van der Waals surface area contributed by atoms with Crippen molar-refractivity contribution in [3.8, 4) is 0 Å². The summed E-state index contributed by atoms with van der Waals surface area (Å²) in [7, 11) is -0.631. The Morgan fingerprint density at radius 1 is 1.16 bits per heavy atom. The molecule has 7 nitrogen and oxygen atoms in total. The van der Waals surface area contributed by atoms with Gasteiger partial charge in [-0.1, -0.05) is 6.42 Å². The van der Waals surface area contributed by atoms with Gasteiger partial charge in [0.05, 0.1) is 10.5 Å². The third-order valence-corrected chi connectivity index (χ3v) is 7.93. The molecule has 2 aliphatic rings. The fourth-order valence-electron chi connectivity index (χ4n) is 4.44. The number of carbonyl (C=O) groups excluding carboxylic acids is 1. The van der Waals surface area contributed by atoms with E-state index in [1.54, 1.807) is 12.1 Å². The van der Waals surface area contributed by atoms with Crippen molar-refractivity contribution >= 4 is 33.3 Å². The Labute approximate surface area is 183 Å². The van der Waals surface area contributed by atoms with Gasteiger partial charge < -0.3 is 15.4 Å². The van der Waals surface area contributed by atoms with Crippen LogP contribution in [0.4, 0.5) is 5.69 Å². The molecule has 1 aliphatic carbocycles. The zero-order valence-corrected chi connectivity index (χ0v) is 18.8. The summed E-state index contributed by atoms with van der Waals surface area (Å²) in [5.74, 6) is -0.243. The minimum absolute atomic E-state index is 0.116. The average Bonchev–Trinajstić information content (AvgIpc) is 3.11. The number of benzene rings is 1. The summed E-state index contributed by atoms with van der Waals surface area (Å²) in [6, 6.07) is 4.72. The van der Waals surface area contributed by atoms with Gasteiger partial charge in [-0.15, -0.1) is 0 Å². The van der Waals surface area contributed by atoms with Gasteiger partial charge in [-0.25, -0.2) is 12.7 Å². The van der Waals surface area contributed by atoms with Crippen LogP contribution in [0, 0.1) is 0 Å². The van der Waals surface area contributed by atoms with Crippen LogP contribution in [0.1, 0.15) is 53.8 Å². The van der Waals surface area contributed by atoms with E-state index in [0.29, 0.717) is 23.2 Å². The van der Waals surface area contributed by atoms with Gasteiger partial charge in [0, 0.05) is 43.3 Å². The van der Waals surface area contributed by atoms with Gasteiger partial charge in [0.2, 0.25) is 10.0 Å². The Kier molecular flexibility index (Phi) is 6.05. The lowest BCUT2D eigenvalue weighted by Gasteiger charge is -2.12. The van der Waals surface area contributed by atoms with Crippen LogP contribution in [0.25, 0.3) is 11.6 Å². The third kappa shape index (κ3) is 4.07. The van der Waals surface area contributed by atoms with E-state index in [4.69, 9.17) is 0 Å². The fraction of sp³-hybridized carbons (Fsp3) is 0.435. The summed E-state index contributed by atoms with van der Waals surface area (Å²) >= 11 is 0. The quantitative estimate of drug-likeness (QED) is 0.472. The van der Waals surface area contributed by atoms with Crippen molar-refractivity contribution in [2.24, 2.45) is 0 Å². The van der Waals surface area contributed by atoms with Crippen LogP contribution in [0.2, 0.25) is 0 Å². The Morgan fingerprint density at radius 2 is 1.94 bits per heavy atom.